The van der Waals surface area contributed by atoms with Crippen LogP contribution in [0.1, 0.15) is 37.6 Å². The first kappa shape index (κ1) is 21.6. The third kappa shape index (κ3) is 4.10. The molecule has 1 aromatic rings. The number of carbonyl (C=O) groups is 3. The van der Waals surface area contributed by atoms with E-state index < -0.39 is 58.7 Å². The Morgan fingerprint density at radius 3 is 2.07 bits per heavy atom. The predicted octanol–water partition coefficient (Wildman–Crippen LogP) is 2.44. The number of nitrogens with zero attached hydrogens (tertiary/aromatic N) is 2. The lowest BCUT2D eigenvalue weighted by molar-refractivity contribution is -0.142. The topological polar surface area (TPSA) is 66.9 Å². The second-order valence-corrected chi connectivity index (χ2v) is 6.39. The monoisotopic (exact) mass is 404 g/mol. The molecular formula is C18H20F4N2O4. The summed E-state index contributed by atoms with van der Waals surface area (Å²) >= 11 is 0. The van der Waals surface area contributed by atoms with Crippen molar-refractivity contribution in [2.45, 2.75) is 33.2 Å². The smallest absolute Gasteiger partial charge is 0.313 e. The van der Waals surface area contributed by atoms with Crippen molar-refractivity contribution in [2.24, 2.45) is 0 Å². The van der Waals surface area contributed by atoms with Gasteiger partial charge in [-0.05, 0) is 13.8 Å². The molecule has 10 heteroatoms. The van der Waals surface area contributed by atoms with Gasteiger partial charge in [0.05, 0.1) is 12.2 Å². The lowest BCUT2D eigenvalue weighted by Gasteiger charge is -2.40. The fraction of sp³-hybridized carbons (Fsp3) is 0.500. The largest absolute Gasteiger partial charge is 0.466 e. The van der Waals surface area contributed by atoms with Gasteiger partial charge in [0.15, 0.2) is 29.1 Å². The highest BCUT2D eigenvalue weighted by Crippen LogP contribution is 2.33. The molecule has 6 nitrogen and oxygen atoms in total. The third-order valence-electron chi connectivity index (χ3n) is 4.48. The number of benzene rings is 1. The van der Waals surface area contributed by atoms with E-state index in [1.807, 2.05) is 0 Å². The van der Waals surface area contributed by atoms with E-state index in [9.17, 15) is 31.9 Å². The minimum absolute atomic E-state index is 0.0489. The maximum absolute atomic E-state index is 14.5. The van der Waals surface area contributed by atoms with E-state index in [4.69, 9.17) is 0 Å². The number of rotatable bonds is 5. The molecule has 1 unspecified atom stereocenters. The second kappa shape index (κ2) is 8.57. The average molecular weight is 404 g/mol. The lowest BCUT2D eigenvalue weighted by atomic mass is 10.0. The first-order chi connectivity index (χ1) is 13.1. The summed E-state index contributed by atoms with van der Waals surface area (Å²) in [6.07, 6.45) is -1.05. The van der Waals surface area contributed by atoms with Crippen molar-refractivity contribution in [3.63, 3.8) is 0 Å². The molecule has 1 fully saturated rings. The molecule has 0 bridgehead atoms. The molecule has 0 aromatic heterocycles. The number of esters is 1. The van der Waals surface area contributed by atoms with Gasteiger partial charge in [-0.2, -0.15) is 0 Å². The van der Waals surface area contributed by atoms with E-state index in [1.165, 1.54) is 18.7 Å². The van der Waals surface area contributed by atoms with Gasteiger partial charge in [-0.25, -0.2) is 17.6 Å². The van der Waals surface area contributed by atoms with Crippen LogP contribution >= 0.6 is 0 Å². The Hall–Kier alpha value is -2.65. The van der Waals surface area contributed by atoms with Gasteiger partial charge in [-0.15, -0.1) is 0 Å². The Morgan fingerprint density at radius 1 is 1.04 bits per heavy atom. The Balaban J connectivity index is 2.38. The van der Waals surface area contributed by atoms with Crippen molar-refractivity contribution in [1.29, 1.82) is 0 Å². The molecule has 0 N–H and O–H groups in total. The zero-order valence-corrected chi connectivity index (χ0v) is 15.7. The second-order valence-electron chi connectivity index (χ2n) is 6.39. The normalized spacial score (nSPS) is 16.9. The number of ether oxygens (including phenoxy) is 1. The molecule has 1 saturated heterocycles. The van der Waals surface area contributed by atoms with E-state index in [-0.39, 0.29) is 32.1 Å². The number of carbonyl (C=O) groups excluding carboxylic acids is 3. The molecule has 1 atom stereocenters. The highest BCUT2D eigenvalue weighted by Gasteiger charge is 2.35. The summed E-state index contributed by atoms with van der Waals surface area (Å²) in [5.74, 6) is -9.91. The molecule has 1 amide bonds. The number of hydrogen-bond donors (Lipinski definition) is 0. The molecule has 1 heterocycles. The number of piperazine rings is 1. The molecule has 0 spiro atoms. The van der Waals surface area contributed by atoms with Gasteiger partial charge in [0, 0.05) is 32.6 Å². The molecule has 1 aliphatic heterocycles. The van der Waals surface area contributed by atoms with Crippen LogP contribution in [0, 0.1) is 23.3 Å². The van der Waals surface area contributed by atoms with Crippen LogP contribution in [0.15, 0.2) is 0 Å². The summed E-state index contributed by atoms with van der Waals surface area (Å²) in [5, 5.41) is 0. The van der Waals surface area contributed by atoms with Gasteiger partial charge in [-0.1, -0.05) is 0 Å². The van der Waals surface area contributed by atoms with Crippen molar-refractivity contribution in [3.05, 3.63) is 28.8 Å². The van der Waals surface area contributed by atoms with Crippen molar-refractivity contribution in [1.82, 2.24) is 4.90 Å². The summed E-state index contributed by atoms with van der Waals surface area (Å²) in [4.78, 5) is 37.4. The van der Waals surface area contributed by atoms with Gasteiger partial charge in [0.1, 0.15) is 12.1 Å². The van der Waals surface area contributed by atoms with Crippen LogP contribution < -0.4 is 4.90 Å². The molecule has 28 heavy (non-hydrogen) atoms. The minimum Gasteiger partial charge on any atom is -0.466 e. The van der Waals surface area contributed by atoms with Crippen molar-refractivity contribution >= 4 is 23.3 Å². The lowest BCUT2D eigenvalue weighted by Crippen LogP contribution is -2.54. The maximum atomic E-state index is 14.5. The zero-order chi connectivity index (χ0) is 21.2. The number of halogens is 4. The molecule has 0 radical (unpaired) electrons. The van der Waals surface area contributed by atoms with Crippen LogP contribution in [0.5, 0.6) is 0 Å². The molecule has 154 valence electrons. The number of hydrogen-bond acceptors (Lipinski definition) is 5. The average Bonchev–Trinajstić information content (AvgIpc) is 2.60. The molecule has 0 aliphatic carbocycles. The first-order valence-electron chi connectivity index (χ1n) is 8.67. The number of anilines is 1. The molecule has 2 rings (SSSR count). The van der Waals surface area contributed by atoms with Crippen molar-refractivity contribution in [3.8, 4) is 0 Å². The summed E-state index contributed by atoms with van der Waals surface area (Å²) in [5.41, 5.74) is -2.40. The molecular weight excluding hydrogens is 384 g/mol. The van der Waals surface area contributed by atoms with E-state index >= 15 is 0 Å². The Labute approximate surface area is 159 Å². The Bertz CT molecular complexity index is 786. The first-order valence-corrected chi connectivity index (χ1v) is 8.67. The zero-order valence-electron chi connectivity index (χ0n) is 15.7. The molecule has 1 aliphatic rings. The van der Waals surface area contributed by atoms with Crippen LogP contribution in [-0.2, 0) is 14.3 Å². The van der Waals surface area contributed by atoms with Crippen LogP contribution in [0.25, 0.3) is 0 Å². The maximum Gasteiger partial charge on any atom is 0.313 e. The van der Waals surface area contributed by atoms with Crippen molar-refractivity contribution < 1.29 is 36.7 Å². The highest BCUT2D eigenvalue weighted by molar-refractivity contribution is 6.06. The van der Waals surface area contributed by atoms with E-state index in [1.54, 1.807) is 6.92 Å². The van der Waals surface area contributed by atoms with Crippen LogP contribution in [0.3, 0.4) is 0 Å². The molecule has 0 saturated carbocycles. The summed E-state index contributed by atoms with van der Waals surface area (Å²) in [6, 6.07) is -0.443. The van der Waals surface area contributed by atoms with E-state index in [2.05, 4.69) is 4.74 Å². The Kier molecular flexibility index (Phi) is 6.63. The van der Waals surface area contributed by atoms with Gasteiger partial charge >= 0.3 is 5.97 Å². The fourth-order valence-electron chi connectivity index (χ4n) is 3.20. The number of Topliss-reactive ketones (excluding diaryl/α,β-unsaturated/α-hetero) is 1. The summed E-state index contributed by atoms with van der Waals surface area (Å²) in [6.45, 7) is 4.38. The van der Waals surface area contributed by atoms with E-state index in [0.29, 0.717) is 0 Å². The standard InChI is InChI=1S/C18H20F4N2O4/c1-4-28-12(27)7-11(26)13-14(19)16(21)18(17(22)15(13)20)23-5-6-24(10(3)25)9(2)8-23/h9H,4-8H2,1-3H3. The van der Waals surface area contributed by atoms with Gasteiger partial charge in [0.2, 0.25) is 5.91 Å². The van der Waals surface area contributed by atoms with Gasteiger partial charge in [-0.3, -0.25) is 14.4 Å². The van der Waals surface area contributed by atoms with E-state index in [0.717, 1.165) is 4.90 Å². The van der Waals surface area contributed by atoms with Crippen LogP contribution in [-0.4, -0.2) is 54.8 Å². The summed E-state index contributed by atoms with van der Waals surface area (Å²) < 4.78 is 62.4. The number of ketones is 1. The summed E-state index contributed by atoms with van der Waals surface area (Å²) in [7, 11) is 0. The SMILES string of the molecule is CCOC(=O)CC(=O)c1c(F)c(F)c(N2CCN(C(C)=O)C(C)C2)c(F)c1F. The van der Waals surface area contributed by atoms with Gasteiger partial charge in [0.25, 0.3) is 0 Å². The highest BCUT2D eigenvalue weighted by atomic mass is 19.2. The third-order valence-corrected chi connectivity index (χ3v) is 4.48. The number of amides is 1. The van der Waals surface area contributed by atoms with Crippen LogP contribution in [0.2, 0.25) is 0 Å². The fourth-order valence-corrected chi connectivity index (χ4v) is 3.20. The minimum atomic E-state index is -1.87. The van der Waals surface area contributed by atoms with Gasteiger partial charge < -0.3 is 14.5 Å². The van der Waals surface area contributed by atoms with Crippen molar-refractivity contribution in [2.75, 3.05) is 31.1 Å². The Morgan fingerprint density at radius 2 is 1.61 bits per heavy atom. The molecule has 1 aromatic carbocycles. The predicted molar refractivity (Wildman–Crippen MR) is 90.9 cm³/mol. The van der Waals surface area contributed by atoms with Crippen LogP contribution in [0.4, 0.5) is 23.2 Å². The quantitative estimate of drug-likeness (QED) is 0.248.